The summed E-state index contributed by atoms with van der Waals surface area (Å²) >= 11 is 0. The van der Waals surface area contributed by atoms with Crippen LogP contribution in [-0.2, 0) is 4.79 Å². The number of rotatable bonds is 5. The molecule has 0 fully saturated rings. The molecule has 0 aromatic heterocycles. The molecule has 0 aliphatic carbocycles. The van der Waals surface area contributed by atoms with Crippen LogP contribution in [0.5, 0.6) is 0 Å². The highest BCUT2D eigenvalue weighted by atomic mass is 16.3. The van der Waals surface area contributed by atoms with E-state index in [0.29, 0.717) is 0 Å². The molecule has 3 heteroatoms. The van der Waals surface area contributed by atoms with E-state index in [0.717, 1.165) is 11.1 Å². The normalized spacial score (nSPS) is 14.9. The second kappa shape index (κ2) is 7.23. The van der Waals surface area contributed by atoms with Gasteiger partial charge in [-0.05, 0) is 25.0 Å². The molecule has 2 aromatic carbocycles. The highest BCUT2D eigenvalue weighted by Gasteiger charge is 2.27. The van der Waals surface area contributed by atoms with Crippen LogP contribution in [0.2, 0.25) is 0 Å². The van der Waals surface area contributed by atoms with Crippen molar-refractivity contribution in [3.8, 4) is 0 Å². The number of carbonyl (C=O) groups is 1. The number of hydrogen-bond acceptors (Lipinski definition) is 2. The fourth-order valence-corrected chi connectivity index (χ4v) is 2.53. The summed E-state index contributed by atoms with van der Waals surface area (Å²) in [4.78, 5) is 14.3. The van der Waals surface area contributed by atoms with Crippen molar-refractivity contribution in [3.05, 3.63) is 71.8 Å². The highest BCUT2D eigenvalue weighted by Crippen LogP contribution is 2.24. The van der Waals surface area contributed by atoms with Crippen LogP contribution in [-0.4, -0.2) is 29.0 Å². The Balaban J connectivity index is 2.10. The molecule has 0 aliphatic rings. The first-order valence-electron chi connectivity index (χ1n) is 7.57. The van der Waals surface area contributed by atoms with Crippen LogP contribution in [0, 0.1) is 0 Å². The number of likely N-dealkylation sites (N-methyl/N-ethyl adjacent to an activating group) is 1. The van der Waals surface area contributed by atoms with Crippen LogP contribution in [0.1, 0.15) is 37.0 Å². The average molecular weight is 297 g/mol. The van der Waals surface area contributed by atoms with Crippen molar-refractivity contribution in [3.63, 3.8) is 0 Å². The van der Waals surface area contributed by atoms with E-state index in [4.69, 9.17) is 0 Å². The molecular formula is C19H23NO2. The first-order valence-corrected chi connectivity index (χ1v) is 7.57. The summed E-state index contributed by atoms with van der Waals surface area (Å²) in [6.45, 7) is 3.77. The minimum Gasteiger partial charge on any atom is -0.386 e. The number of benzene rings is 2. The van der Waals surface area contributed by atoms with Gasteiger partial charge in [-0.15, -0.1) is 0 Å². The van der Waals surface area contributed by atoms with Crippen LogP contribution in [0.25, 0.3) is 0 Å². The van der Waals surface area contributed by atoms with Gasteiger partial charge in [-0.2, -0.15) is 0 Å². The Morgan fingerprint density at radius 1 is 0.909 bits per heavy atom. The lowest BCUT2D eigenvalue weighted by molar-refractivity contribution is -0.135. The first-order chi connectivity index (χ1) is 10.5. The third-order valence-electron chi connectivity index (χ3n) is 4.23. The smallest absolute Gasteiger partial charge is 0.229 e. The quantitative estimate of drug-likeness (QED) is 0.919. The van der Waals surface area contributed by atoms with Crippen molar-refractivity contribution in [1.29, 1.82) is 0 Å². The van der Waals surface area contributed by atoms with Gasteiger partial charge in [0.1, 0.15) is 0 Å². The summed E-state index contributed by atoms with van der Waals surface area (Å²) in [5.41, 5.74) is 1.81. The molecule has 0 saturated heterocycles. The largest absolute Gasteiger partial charge is 0.386 e. The number of aliphatic hydroxyl groups is 1. The zero-order valence-corrected chi connectivity index (χ0v) is 13.3. The number of carbonyl (C=O) groups excluding carboxylic acids is 1. The van der Waals surface area contributed by atoms with E-state index in [1.807, 2.05) is 74.5 Å². The van der Waals surface area contributed by atoms with Gasteiger partial charge in [-0.3, -0.25) is 4.79 Å². The molecule has 22 heavy (non-hydrogen) atoms. The Hall–Kier alpha value is -2.13. The van der Waals surface area contributed by atoms with Gasteiger partial charge in [-0.1, -0.05) is 60.7 Å². The Morgan fingerprint density at radius 3 is 1.86 bits per heavy atom. The van der Waals surface area contributed by atoms with E-state index in [9.17, 15) is 9.90 Å². The molecule has 1 amide bonds. The Kier molecular flexibility index (Phi) is 5.34. The zero-order chi connectivity index (χ0) is 16.1. The first kappa shape index (κ1) is 16.2. The van der Waals surface area contributed by atoms with Crippen LogP contribution < -0.4 is 0 Å². The lowest BCUT2D eigenvalue weighted by atomic mass is 9.97. The third kappa shape index (κ3) is 3.55. The molecule has 0 unspecified atom stereocenters. The second-order valence-corrected chi connectivity index (χ2v) is 5.68. The van der Waals surface area contributed by atoms with Crippen molar-refractivity contribution in [2.24, 2.45) is 0 Å². The monoisotopic (exact) mass is 297 g/mol. The van der Waals surface area contributed by atoms with Gasteiger partial charge in [0.2, 0.25) is 5.91 Å². The SMILES string of the molecule is C[C@H](C(=O)N(C)[C@@H](C)[C@@H](O)c1ccccc1)c1ccccc1. The van der Waals surface area contributed by atoms with Crippen molar-refractivity contribution in [1.82, 2.24) is 4.90 Å². The molecule has 2 rings (SSSR count). The Bertz CT molecular complexity index is 597. The van der Waals surface area contributed by atoms with Crippen molar-refractivity contribution in [2.75, 3.05) is 7.05 Å². The van der Waals surface area contributed by atoms with Crippen LogP contribution in [0.15, 0.2) is 60.7 Å². The van der Waals surface area contributed by atoms with Crippen molar-refractivity contribution in [2.45, 2.75) is 31.9 Å². The Morgan fingerprint density at radius 2 is 1.36 bits per heavy atom. The van der Waals surface area contributed by atoms with Gasteiger partial charge >= 0.3 is 0 Å². The van der Waals surface area contributed by atoms with Gasteiger partial charge < -0.3 is 10.0 Å². The van der Waals surface area contributed by atoms with Gasteiger partial charge in [0, 0.05) is 7.05 Å². The molecule has 3 atom stereocenters. The molecule has 0 aliphatic heterocycles. The number of hydrogen-bond donors (Lipinski definition) is 1. The van der Waals surface area contributed by atoms with Gasteiger partial charge in [0.15, 0.2) is 0 Å². The molecule has 2 aromatic rings. The zero-order valence-electron chi connectivity index (χ0n) is 13.3. The van der Waals surface area contributed by atoms with Crippen molar-refractivity contribution < 1.29 is 9.90 Å². The summed E-state index contributed by atoms with van der Waals surface area (Å²) < 4.78 is 0. The van der Waals surface area contributed by atoms with E-state index < -0.39 is 6.10 Å². The second-order valence-electron chi connectivity index (χ2n) is 5.68. The summed E-state index contributed by atoms with van der Waals surface area (Å²) in [5.74, 6) is -0.217. The van der Waals surface area contributed by atoms with Gasteiger partial charge in [0.25, 0.3) is 0 Å². The molecule has 0 bridgehead atoms. The van der Waals surface area contributed by atoms with Gasteiger partial charge in [-0.25, -0.2) is 0 Å². The highest BCUT2D eigenvalue weighted by molar-refractivity contribution is 5.83. The minimum absolute atomic E-state index is 0.00804. The van der Waals surface area contributed by atoms with Gasteiger partial charge in [0.05, 0.1) is 18.1 Å². The van der Waals surface area contributed by atoms with Crippen molar-refractivity contribution >= 4 is 5.91 Å². The molecule has 0 spiro atoms. The molecule has 0 saturated carbocycles. The predicted octanol–water partition coefficient (Wildman–Crippen LogP) is 3.37. The molecule has 1 N–H and O–H groups in total. The van der Waals surface area contributed by atoms with E-state index in [1.54, 1.807) is 11.9 Å². The number of amides is 1. The average Bonchev–Trinajstić information content (AvgIpc) is 2.60. The van der Waals surface area contributed by atoms with Crippen LogP contribution in [0.4, 0.5) is 0 Å². The maximum atomic E-state index is 12.6. The predicted molar refractivity (Wildman–Crippen MR) is 88.5 cm³/mol. The fourth-order valence-electron chi connectivity index (χ4n) is 2.53. The number of nitrogens with zero attached hydrogens (tertiary/aromatic N) is 1. The summed E-state index contributed by atoms with van der Waals surface area (Å²) in [7, 11) is 1.75. The molecule has 0 heterocycles. The van der Waals surface area contributed by atoms with E-state index in [2.05, 4.69) is 0 Å². The Labute approximate surface area is 132 Å². The maximum Gasteiger partial charge on any atom is 0.229 e. The third-order valence-corrected chi connectivity index (χ3v) is 4.23. The lowest BCUT2D eigenvalue weighted by Crippen LogP contribution is -2.41. The lowest BCUT2D eigenvalue weighted by Gasteiger charge is -2.31. The minimum atomic E-state index is -0.696. The van der Waals surface area contributed by atoms with E-state index in [1.165, 1.54) is 0 Å². The van der Waals surface area contributed by atoms with Crippen LogP contribution >= 0.6 is 0 Å². The topological polar surface area (TPSA) is 40.5 Å². The summed E-state index contributed by atoms with van der Waals surface area (Å²) in [5, 5.41) is 10.5. The molecule has 0 radical (unpaired) electrons. The van der Waals surface area contributed by atoms with Crippen LogP contribution in [0.3, 0.4) is 0 Å². The van der Waals surface area contributed by atoms with E-state index in [-0.39, 0.29) is 17.9 Å². The molecule has 3 nitrogen and oxygen atoms in total. The maximum absolute atomic E-state index is 12.6. The summed E-state index contributed by atoms with van der Waals surface area (Å²) in [6, 6.07) is 18.9. The number of aliphatic hydroxyl groups excluding tert-OH is 1. The molecular weight excluding hydrogens is 274 g/mol. The summed E-state index contributed by atoms with van der Waals surface area (Å²) in [6.07, 6.45) is -0.696. The standard InChI is InChI=1S/C19H23NO2/c1-14(16-10-6-4-7-11-16)19(22)20(3)15(2)18(21)17-12-8-5-9-13-17/h4-15,18,21H,1-3H3/t14-,15-,18+/m0/s1. The van der Waals surface area contributed by atoms with E-state index >= 15 is 0 Å². The molecule has 116 valence electrons. The fraction of sp³-hybridized carbons (Fsp3) is 0.316.